The number of allylic oxidation sites excluding steroid dienone is 30. The largest absolute Gasteiger partial charge is 0.472 e. The van der Waals surface area contributed by atoms with Crippen molar-refractivity contribution in [2.45, 2.75) is 334 Å². The number of esters is 3. The van der Waals surface area contributed by atoms with Crippen molar-refractivity contribution in [3.05, 3.63) is 182 Å². The first-order valence-electron chi connectivity index (χ1n) is 42.1. The normalized spacial score (nSPS) is 14.8. The summed E-state index contributed by atoms with van der Waals surface area (Å²) in [5, 5.41) is 20.7. The highest BCUT2D eigenvalue weighted by Crippen LogP contribution is 2.45. The topological polar surface area (TPSA) is 231 Å². The van der Waals surface area contributed by atoms with Crippen LogP contribution in [0, 0.1) is 0 Å². The van der Waals surface area contributed by atoms with E-state index in [1.807, 2.05) is 0 Å². The maximum Gasteiger partial charge on any atom is 0.472 e. The van der Waals surface area contributed by atoms with E-state index in [9.17, 15) is 43.5 Å². The Bertz CT molecular complexity index is 2710. The summed E-state index contributed by atoms with van der Waals surface area (Å²) in [7, 11) is -9.81. The number of aliphatic hydroxyl groups is 2. The molecule has 109 heavy (non-hydrogen) atoms. The van der Waals surface area contributed by atoms with Gasteiger partial charge in [-0.25, -0.2) is 9.13 Å². The fraction of sp³-hybridized carbons (Fsp3) is 0.637. The van der Waals surface area contributed by atoms with Crippen molar-refractivity contribution in [1.82, 2.24) is 0 Å². The van der Waals surface area contributed by atoms with E-state index < -0.39 is 91.5 Å². The van der Waals surface area contributed by atoms with Crippen LogP contribution in [0.2, 0.25) is 0 Å². The van der Waals surface area contributed by atoms with Crippen LogP contribution >= 0.6 is 15.6 Å². The molecule has 0 heterocycles. The fourth-order valence-corrected chi connectivity index (χ4v) is 12.4. The van der Waals surface area contributed by atoms with Crippen LogP contribution < -0.4 is 0 Å². The molecule has 0 amide bonds. The van der Waals surface area contributed by atoms with Gasteiger partial charge >= 0.3 is 33.6 Å². The molecule has 0 rings (SSSR count). The second-order valence-corrected chi connectivity index (χ2v) is 30.4. The number of rotatable bonds is 78. The average molecular weight is 1560 g/mol. The molecule has 0 aromatic heterocycles. The van der Waals surface area contributed by atoms with Gasteiger partial charge in [0.15, 0.2) is 6.10 Å². The predicted molar refractivity (Wildman–Crippen MR) is 454 cm³/mol. The van der Waals surface area contributed by atoms with Gasteiger partial charge in [0.05, 0.1) is 26.4 Å². The minimum Gasteiger partial charge on any atom is -0.463 e. The van der Waals surface area contributed by atoms with E-state index in [1.54, 1.807) is 0 Å². The Hall–Kier alpha value is -5.35. The summed E-state index contributed by atoms with van der Waals surface area (Å²) in [5.41, 5.74) is 0. The van der Waals surface area contributed by atoms with Gasteiger partial charge < -0.3 is 34.2 Å². The zero-order valence-electron chi connectivity index (χ0n) is 67.9. The molecule has 4 N–H and O–H groups in total. The van der Waals surface area contributed by atoms with E-state index in [0.29, 0.717) is 19.3 Å². The summed E-state index contributed by atoms with van der Waals surface area (Å²) >= 11 is 0. The zero-order chi connectivity index (χ0) is 79.4. The van der Waals surface area contributed by atoms with Crippen LogP contribution in [0.25, 0.3) is 0 Å². The maximum atomic E-state index is 13.0. The van der Waals surface area contributed by atoms with Crippen LogP contribution in [0.1, 0.15) is 316 Å². The van der Waals surface area contributed by atoms with Crippen LogP contribution in [0.15, 0.2) is 182 Å². The third-order valence-electron chi connectivity index (χ3n) is 17.1. The molecule has 620 valence electrons. The van der Waals surface area contributed by atoms with E-state index in [1.165, 1.54) is 38.5 Å². The first kappa shape index (κ1) is 104. The molecular weight excluding hydrogens is 1410 g/mol. The highest BCUT2D eigenvalue weighted by Gasteiger charge is 2.29. The Morgan fingerprint density at radius 1 is 0.257 bits per heavy atom. The van der Waals surface area contributed by atoms with Crippen molar-refractivity contribution in [3.63, 3.8) is 0 Å². The zero-order valence-corrected chi connectivity index (χ0v) is 69.7. The number of aliphatic hydroxyl groups excluding tert-OH is 2. The predicted octanol–water partition coefficient (Wildman–Crippen LogP) is 25.3. The second kappa shape index (κ2) is 82.1. The van der Waals surface area contributed by atoms with Crippen molar-refractivity contribution in [2.75, 3.05) is 39.6 Å². The molecule has 0 spiro atoms. The van der Waals surface area contributed by atoms with E-state index in [-0.39, 0.29) is 19.3 Å². The number of hydrogen-bond donors (Lipinski definition) is 4. The quantitative estimate of drug-likeness (QED) is 0.0146. The van der Waals surface area contributed by atoms with Gasteiger partial charge in [-0.15, -0.1) is 0 Å². The second-order valence-electron chi connectivity index (χ2n) is 27.5. The van der Waals surface area contributed by atoms with Gasteiger partial charge in [0.25, 0.3) is 0 Å². The highest BCUT2D eigenvalue weighted by atomic mass is 31.2. The van der Waals surface area contributed by atoms with Crippen LogP contribution in [-0.2, 0) is 55.8 Å². The van der Waals surface area contributed by atoms with Gasteiger partial charge in [0.1, 0.15) is 25.4 Å². The molecule has 0 aromatic carbocycles. The van der Waals surface area contributed by atoms with E-state index in [4.69, 9.17) is 32.3 Å². The molecule has 0 aliphatic carbocycles. The molecule has 5 atom stereocenters. The molecule has 0 bridgehead atoms. The summed E-state index contributed by atoms with van der Waals surface area (Å²) in [6.07, 6.45) is 106. The van der Waals surface area contributed by atoms with E-state index >= 15 is 0 Å². The fourth-order valence-electron chi connectivity index (χ4n) is 10.8. The number of phosphoric acid groups is 2. The molecule has 0 saturated heterocycles. The Balaban J connectivity index is 4.61. The van der Waals surface area contributed by atoms with Crippen molar-refractivity contribution >= 4 is 33.6 Å². The molecule has 18 heteroatoms. The maximum absolute atomic E-state index is 13.0. The Morgan fingerprint density at radius 3 is 0.725 bits per heavy atom. The average Bonchev–Trinajstić information content (AvgIpc) is 0.902. The summed E-state index contributed by atoms with van der Waals surface area (Å²) in [4.78, 5) is 58.8. The lowest BCUT2D eigenvalue weighted by atomic mass is 10.1. The lowest BCUT2D eigenvalue weighted by molar-refractivity contribution is -0.161. The van der Waals surface area contributed by atoms with Crippen molar-refractivity contribution in [3.8, 4) is 0 Å². The highest BCUT2D eigenvalue weighted by molar-refractivity contribution is 7.47. The van der Waals surface area contributed by atoms with Crippen LogP contribution in [0.4, 0.5) is 0 Å². The van der Waals surface area contributed by atoms with Gasteiger partial charge in [-0.05, 0) is 154 Å². The van der Waals surface area contributed by atoms with Gasteiger partial charge in [-0.1, -0.05) is 325 Å². The first-order valence-corrected chi connectivity index (χ1v) is 45.1. The van der Waals surface area contributed by atoms with Gasteiger partial charge in [0.2, 0.25) is 0 Å². The number of carbonyl (C=O) groups excluding carboxylic acids is 3. The summed E-state index contributed by atoms with van der Waals surface area (Å²) < 4.78 is 61.3. The number of unbranched alkanes of at least 4 members (excludes halogenated alkanes) is 25. The molecule has 0 saturated carbocycles. The van der Waals surface area contributed by atoms with Crippen LogP contribution in [0.3, 0.4) is 0 Å². The molecule has 0 aliphatic heterocycles. The summed E-state index contributed by atoms with van der Waals surface area (Å²) in [5.74, 6) is -1.60. The molecule has 16 nitrogen and oxygen atoms in total. The van der Waals surface area contributed by atoms with Gasteiger partial charge in [0, 0.05) is 19.3 Å². The summed E-state index contributed by atoms with van der Waals surface area (Å²) in [6.45, 7) is 2.32. The number of phosphoric ester groups is 2. The number of carbonyl (C=O) groups is 3. The molecule has 0 radical (unpaired) electrons. The Kier molecular flexibility index (Phi) is 78.1. The minimum atomic E-state index is -4.95. The minimum absolute atomic E-state index is 0.0855. The molecule has 0 fully saturated rings. The first-order chi connectivity index (χ1) is 53.2. The molecule has 0 aliphatic rings. The van der Waals surface area contributed by atoms with E-state index in [2.05, 4.69) is 203 Å². The molecular formula is C91H150O16P2. The van der Waals surface area contributed by atoms with Crippen LogP contribution in [-0.4, -0.2) is 95.9 Å². The van der Waals surface area contributed by atoms with Crippen molar-refractivity contribution in [1.29, 1.82) is 0 Å². The molecule has 5 unspecified atom stereocenters. The lowest BCUT2D eigenvalue weighted by Gasteiger charge is -2.21. The van der Waals surface area contributed by atoms with Crippen molar-refractivity contribution in [2.24, 2.45) is 0 Å². The van der Waals surface area contributed by atoms with Crippen molar-refractivity contribution < 1.29 is 75.8 Å². The third kappa shape index (κ3) is 83.4. The Morgan fingerprint density at radius 2 is 0.459 bits per heavy atom. The smallest absolute Gasteiger partial charge is 0.463 e. The molecule has 0 aromatic rings. The Labute approximate surface area is 662 Å². The standard InChI is InChI=1S/C91H150O16P2/c1-4-7-10-13-16-19-22-25-28-31-33-35-37-39-41-42-44-46-47-49-51-54-56-59-62-65-68-71-74-77-89(94)101-80-86(92)81-103-108(97,98)104-82-87(93)83-105-109(99,100)106-85-88(107-91(96)79-76-73-70-67-64-61-58-53-30-27-24-21-18-15-12-9-6-3)84-102-90(95)78-75-72-69-66-63-60-57-55-52-50-48-45-43-40-38-36-34-32-29-26-23-20-17-14-11-8-5-2/h7-12,16-21,25-30,33-36,39-41,43-44,46,48,50,86-88,92-93H,4-6,13-15,22-24,31-32,37-38,42,45,47,49,51-85H2,1-3H3,(H,97,98)(H,99,100)/b10-7-,11-8-,12-9-,19-16-,20-17-,21-18-,28-25-,29-26-,30-27-,35-33-,36-34-,41-39-,43-40-,46-44-,50-48-. The number of hydrogen-bond acceptors (Lipinski definition) is 14. The van der Waals surface area contributed by atoms with Crippen LogP contribution in [0.5, 0.6) is 0 Å². The van der Waals surface area contributed by atoms with Gasteiger partial charge in [-0.2, -0.15) is 0 Å². The summed E-state index contributed by atoms with van der Waals surface area (Å²) in [6, 6.07) is 0. The lowest BCUT2D eigenvalue weighted by Crippen LogP contribution is -2.30. The van der Waals surface area contributed by atoms with Gasteiger partial charge in [-0.3, -0.25) is 32.5 Å². The van der Waals surface area contributed by atoms with E-state index in [0.717, 1.165) is 218 Å². The number of ether oxygens (including phenoxy) is 3. The third-order valence-corrected chi connectivity index (χ3v) is 19.0. The SMILES string of the molecule is CC/C=C\C/C=C\C/C=C\C/C=C\C/C=C\C/C=C\CCCCCCCCCCCCC(=O)OCC(O)COP(=O)(O)OCC(O)COP(=O)(O)OCC(COC(=O)CCCCCCCCCC/C=C\C/C=C\C/C=C\C/C=C\C/C=C\C/C=C\CC)OC(=O)CCCCCCCCC/C=C\C/C=C\C/C=C\CC. The monoisotopic (exact) mass is 1560 g/mol.